The second kappa shape index (κ2) is 4.13. The molecule has 1 aliphatic rings. The Bertz CT molecular complexity index is 436. The molecular formula is C8H14N4O3S. The van der Waals surface area contributed by atoms with Crippen molar-refractivity contribution in [1.29, 1.82) is 0 Å². The van der Waals surface area contributed by atoms with Crippen LogP contribution in [0.5, 0.6) is 0 Å². The van der Waals surface area contributed by atoms with Gasteiger partial charge in [-0.25, -0.2) is 18.1 Å². The van der Waals surface area contributed by atoms with Crippen LogP contribution in [0.25, 0.3) is 0 Å². The SMILES string of the molecule is O=S(=O)(NCC1(O)CCNC1)c1cnc[nH]1. The highest BCUT2D eigenvalue weighted by molar-refractivity contribution is 7.89. The van der Waals surface area contributed by atoms with Gasteiger partial charge in [-0.2, -0.15) is 0 Å². The molecule has 0 aromatic carbocycles. The Morgan fingerprint density at radius 3 is 3.00 bits per heavy atom. The van der Waals surface area contributed by atoms with Gasteiger partial charge in [0.25, 0.3) is 10.0 Å². The number of aromatic amines is 1. The first-order chi connectivity index (χ1) is 7.52. The number of rotatable bonds is 4. The number of aliphatic hydroxyl groups is 1. The molecule has 1 fully saturated rings. The number of sulfonamides is 1. The fourth-order valence-corrected chi connectivity index (χ4v) is 2.60. The highest BCUT2D eigenvalue weighted by Crippen LogP contribution is 2.13. The highest BCUT2D eigenvalue weighted by atomic mass is 32.2. The first-order valence-electron chi connectivity index (χ1n) is 4.93. The van der Waals surface area contributed by atoms with Gasteiger partial charge in [0.2, 0.25) is 0 Å². The third-order valence-electron chi connectivity index (χ3n) is 2.58. The molecule has 0 aliphatic carbocycles. The van der Waals surface area contributed by atoms with Gasteiger partial charge in [0, 0.05) is 13.1 Å². The summed E-state index contributed by atoms with van der Waals surface area (Å²) in [6, 6.07) is 0. The fourth-order valence-electron chi connectivity index (χ4n) is 1.58. The summed E-state index contributed by atoms with van der Waals surface area (Å²) >= 11 is 0. The van der Waals surface area contributed by atoms with E-state index in [0.29, 0.717) is 19.5 Å². The average Bonchev–Trinajstić information content (AvgIpc) is 2.86. The average molecular weight is 246 g/mol. The Hall–Kier alpha value is -0.960. The maximum absolute atomic E-state index is 11.7. The minimum atomic E-state index is -3.60. The molecule has 1 unspecified atom stereocenters. The quantitative estimate of drug-likeness (QED) is 0.512. The van der Waals surface area contributed by atoms with E-state index < -0.39 is 15.6 Å². The maximum Gasteiger partial charge on any atom is 0.257 e. The van der Waals surface area contributed by atoms with Gasteiger partial charge in [0.15, 0.2) is 5.03 Å². The number of hydrogen-bond donors (Lipinski definition) is 4. The van der Waals surface area contributed by atoms with Gasteiger partial charge in [0.1, 0.15) is 0 Å². The van der Waals surface area contributed by atoms with E-state index in [-0.39, 0.29) is 11.6 Å². The van der Waals surface area contributed by atoms with Crippen LogP contribution in [-0.4, -0.2) is 48.7 Å². The van der Waals surface area contributed by atoms with Crippen LogP contribution < -0.4 is 10.0 Å². The van der Waals surface area contributed by atoms with Crippen LogP contribution >= 0.6 is 0 Å². The number of nitrogens with one attached hydrogen (secondary N) is 3. The first-order valence-corrected chi connectivity index (χ1v) is 6.41. The summed E-state index contributed by atoms with van der Waals surface area (Å²) in [5.74, 6) is 0. The molecule has 0 amide bonds. The van der Waals surface area contributed by atoms with Crippen molar-refractivity contribution in [3.8, 4) is 0 Å². The Balaban J connectivity index is 2.00. The first kappa shape index (κ1) is 11.5. The Kier molecular flexibility index (Phi) is 2.98. The predicted octanol–water partition coefficient (Wildman–Crippen LogP) is -1.59. The van der Waals surface area contributed by atoms with Crippen molar-refractivity contribution in [2.45, 2.75) is 17.0 Å². The molecule has 1 aliphatic heterocycles. The van der Waals surface area contributed by atoms with Crippen molar-refractivity contribution in [1.82, 2.24) is 20.0 Å². The minimum absolute atomic E-state index is 0.00134. The van der Waals surface area contributed by atoms with Crippen molar-refractivity contribution in [3.63, 3.8) is 0 Å². The second-order valence-corrected chi connectivity index (χ2v) is 5.63. The maximum atomic E-state index is 11.7. The Morgan fingerprint density at radius 1 is 1.62 bits per heavy atom. The van der Waals surface area contributed by atoms with Gasteiger partial charge in [0.05, 0.1) is 18.1 Å². The fraction of sp³-hybridized carbons (Fsp3) is 0.625. The van der Waals surface area contributed by atoms with E-state index in [4.69, 9.17) is 0 Å². The van der Waals surface area contributed by atoms with Crippen LogP contribution in [0.15, 0.2) is 17.6 Å². The summed E-state index contributed by atoms with van der Waals surface area (Å²) in [6.45, 7) is 1.10. The summed E-state index contributed by atoms with van der Waals surface area (Å²) < 4.78 is 25.7. The monoisotopic (exact) mass is 246 g/mol. The Labute approximate surface area is 93.3 Å². The van der Waals surface area contributed by atoms with Gasteiger partial charge in [-0.3, -0.25) is 0 Å². The van der Waals surface area contributed by atoms with Crippen molar-refractivity contribution >= 4 is 10.0 Å². The van der Waals surface area contributed by atoms with Crippen molar-refractivity contribution < 1.29 is 13.5 Å². The molecule has 0 saturated carbocycles. The van der Waals surface area contributed by atoms with Crippen LogP contribution in [0.1, 0.15) is 6.42 Å². The molecular weight excluding hydrogens is 232 g/mol. The molecule has 16 heavy (non-hydrogen) atoms. The van der Waals surface area contributed by atoms with Gasteiger partial charge >= 0.3 is 0 Å². The standard InChI is InChI=1S/C8H14N4O3S/c13-8(1-2-9-4-8)5-12-16(14,15)7-3-10-6-11-7/h3,6,9,12-13H,1-2,4-5H2,(H,10,11). The lowest BCUT2D eigenvalue weighted by atomic mass is 10.1. The van der Waals surface area contributed by atoms with E-state index >= 15 is 0 Å². The molecule has 1 aromatic heterocycles. The predicted molar refractivity (Wildman–Crippen MR) is 56.2 cm³/mol. The van der Waals surface area contributed by atoms with E-state index in [9.17, 15) is 13.5 Å². The molecule has 4 N–H and O–H groups in total. The summed E-state index contributed by atoms with van der Waals surface area (Å²) in [7, 11) is -3.60. The molecule has 1 aromatic rings. The topological polar surface area (TPSA) is 107 Å². The van der Waals surface area contributed by atoms with Gasteiger partial charge in [-0.05, 0) is 13.0 Å². The highest BCUT2D eigenvalue weighted by Gasteiger charge is 2.32. The molecule has 1 saturated heterocycles. The van der Waals surface area contributed by atoms with Crippen LogP contribution in [0.2, 0.25) is 0 Å². The number of β-amino-alcohol motifs (C(OH)–C–C–N with tert-alkyl or cyclic N) is 1. The number of hydrogen-bond acceptors (Lipinski definition) is 5. The smallest absolute Gasteiger partial charge is 0.257 e. The van der Waals surface area contributed by atoms with Crippen molar-refractivity contribution in [3.05, 3.63) is 12.5 Å². The summed E-state index contributed by atoms with van der Waals surface area (Å²) in [5.41, 5.74) is -0.993. The molecule has 0 radical (unpaired) electrons. The van der Waals surface area contributed by atoms with Crippen LogP contribution in [0.4, 0.5) is 0 Å². The molecule has 8 heteroatoms. The van der Waals surface area contributed by atoms with E-state index in [0.717, 1.165) is 0 Å². The molecule has 0 spiro atoms. The van der Waals surface area contributed by atoms with Crippen LogP contribution in [0, 0.1) is 0 Å². The number of aromatic nitrogens is 2. The normalized spacial score (nSPS) is 26.1. The van der Waals surface area contributed by atoms with Gasteiger partial charge < -0.3 is 15.4 Å². The third kappa shape index (κ3) is 2.40. The molecule has 7 nitrogen and oxygen atoms in total. The van der Waals surface area contributed by atoms with E-state index in [1.807, 2.05) is 0 Å². The molecule has 2 heterocycles. The van der Waals surface area contributed by atoms with E-state index in [1.165, 1.54) is 12.5 Å². The second-order valence-electron chi connectivity index (χ2n) is 3.89. The van der Waals surface area contributed by atoms with Crippen molar-refractivity contribution in [2.24, 2.45) is 0 Å². The zero-order valence-electron chi connectivity index (χ0n) is 8.60. The number of H-pyrrole nitrogens is 1. The lowest BCUT2D eigenvalue weighted by Crippen LogP contribution is -2.44. The molecule has 2 rings (SSSR count). The zero-order valence-corrected chi connectivity index (χ0v) is 9.42. The molecule has 0 bridgehead atoms. The summed E-state index contributed by atoms with van der Waals surface area (Å²) in [4.78, 5) is 6.14. The van der Waals surface area contributed by atoms with Gasteiger partial charge in [-0.1, -0.05) is 0 Å². The third-order valence-corrected chi connectivity index (χ3v) is 3.90. The van der Waals surface area contributed by atoms with Gasteiger partial charge in [-0.15, -0.1) is 0 Å². The number of nitrogens with zero attached hydrogens (tertiary/aromatic N) is 1. The Morgan fingerprint density at radius 2 is 2.44 bits per heavy atom. The molecule has 1 atom stereocenters. The zero-order chi connectivity index (χ0) is 11.6. The summed E-state index contributed by atoms with van der Waals surface area (Å²) in [5, 5.41) is 12.9. The minimum Gasteiger partial charge on any atom is -0.387 e. The van der Waals surface area contributed by atoms with E-state index in [1.54, 1.807) is 0 Å². The van der Waals surface area contributed by atoms with Crippen molar-refractivity contribution in [2.75, 3.05) is 19.6 Å². The largest absolute Gasteiger partial charge is 0.387 e. The summed E-state index contributed by atoms with van der Waals surface area (Å²) in [6.07, 6.45) is 3.05. The number of imidazole rings is 1. The lowest BCUT2D eigenvalue weighted by Gasteiger charge is -2.21. The van der Waals surface area contributed by atoms with Crippen LogP contribution in [-0.2, 0) is 10.0 Å². The van der Waals surface area contributed by atoms with E-state index in [2.05, 4.69) is 20.0 Å². The molecule has 90 valence electrons. The lowest BCUT2D eigenvalue weighted by molar-refractivity contribution is 0.0667. The van der Waals surface area contributed by atoms with Crippen LogP contribution in [0.3, 0.4) is 0 Å².